The number of carbonyl (C=O) groups excluding carboxylic acids is 3. The van der Waals surface area contributed by atoms with E-state index in [9.17, 15) is 19.2 Å². The van der Waals surface area contributed by atoms with Crippen LogP contribution in [0.5, 0.6) is 0 Å². The van der Waals surface area contributed by atoms with Crippen molar-refractivity contribution in [3.8, 4) is 0 Å². The van der Waals surface area contributed by atoms with Gasteiger partial charge in [0.25, 0.3) is 0 Å². The average molecular weight is 663 g/mol. The molecule has 2 atom stereocenters. The highest BCUT2D eigenvalue weighted by Crippen LogP contribution is 2.14. The van der Waals surface area contributed by atoms with Crippen LogP contribution in [0.2, 0.25) is 0 Å². The first-order chi connectivity index (χ1) is 22.8. The molecule has 0 bridgehead atoms. The SMILES string of the molecule is CC/C=C\C/C=C\C(/C=C\CCCCCC(=O)NCC(=O)NC(CO)C(=O)O)OC(=O)CCCCCCCCCCCCCCCC. The van der Waals surface area contributed by atoms with Gasteiger partial charge in [0, 0.05) is 12.8 Å². The third-order valence-corrected chi connectivity index (χ3v) is 7.86. The van der Waals surface area contributed by atoms with Crippen molar-refractivity contribution in [3.05, 3.63) is 36.5 Å². The van der Waals surface area contributed by atoms with Crippen molar-refractivity contribution >= 4 is 23.8 Å². The maximum absolute atomic E-state index is 12.5. The van der Waals surface area contributed by atoms with Gasteiger partial charge in [-0.05, 0) is 50.7 Å². The molecule has 0 spiro atoms. The Morgan fingerprint density at radius 2 is 1.21 bits per heavy atom. The van der Waals surface area contributed by atoms with Gasteiger partial charge in [-0.25, -0.2) is 4.79 Å². The van der Waals surface area contributed by atoms with Gasteiger partial charge >= 0.3 is 11.9 Å². The molecule has 9 heteroatoms. The van der Waals surface area contributed by atoms with Crippen LogP contribution in [0.4, 0.5) is 0 Å². The number of hydrogen-bond acceptors (Lipinski definition) is 6. The Labute approximate surface area is 285 Å². The Morgan fingerprint density at radius 1 is 0.660 bits per heavy atom. The lowest BCUT2D eigenvalue weighted by Crippen LogP contribution is -2.47. The summed E-state index contributed by atoms with van der Waals surface area (Å²) >= 11 is 0. The lowest BCUT2D eigenvalue weighted by atomic mass is 10.0. The molecule has 2 amide bonds. The Hall–Kier alpha value is -2.94. The van der Waals surface area contributed by atoms with E-state index in [4.69, 9.17) is 14.9 Å². The highest BCUT2D eigenvalue weighted by atomic mass is 16.5. The van der Waals surface area contributed by atoms with Crippen molar-refractivity contribution < 1.29 is 34.1 Å². The van der Waals surface area contributed by atoms with Gasteiger partial charge in [-0.3, -0.25) is 14.4 Å². The second-order valence-electron chi connectivity index (χ2n) is 12.3. The minimum Gasteiger partial charge on any atom is -0.480 e. The molecule has 0 saturated carbocycles. The van der Waals surface area contributed by atoms with Crippen LogP contribution in [0.25, 0.3) is 0 Å². The van der Waals surface area contributed by atoms with Crippen molar-refractivity contribution in [1.29, 1.82) is 0 Å². The number of esters is 1. The van der Waals surface area contributed by atoms with E-state index in [1.54, 1.807) is 0 Å². The van der Waals surface area contributed by atoms with Gasteiger partial charge in [0.05, 0.1) is 13.2 Å². The first-order valence-electron chi connectivity index (χ1n) is 18.4. The highest BCUT2D eigenvalue weighted by molar-refractivity contribution is 5.87. The number of aliphatic carboxylic acids is 1. The molecular formula is C38H66N2O7. The van der Waals surface area contributed by atoms with E-state index in [-0.39, 0.29) is 24.8 Å². The van der Waals surface area contributed by atoms with Gasteiger partial charge in [-0.2, -0.15) is 0 Å². The number of amides is 2. The Balaban J connectivity index is 4.20. The molecule has 47 heavy (non-hydrogen) atoms. The number of unbranched alkanes of at least 4 members (excludes halogenated alkanes) is 16. The predicted molar refractivity (Wildman–Crippen MR) is 190 cm³/mol. The maximum atomic E-state index is 12.5. The predicted octanol–water partition coefficient (Wildman–Crippen LogP) is 7.87. The van der Waals surface area contributed by atoms with Crippen molar-refractivity contribution in [1.82, 2.24) is 10.6 Å². The zero-order valence-electron chi connectivity index (χ0n) is 29.5. The van der Waals surface area contributed by atoms with E-state index < -0.39 is 30.6 Å². The third kappa shape index (κ3) is 30.2. The van der Waals surface area contributed by atoms with E-state index in [2.05, 4.69) is 36.6 Å². The molecule has 0 radical (unpaired) electrons. The van der Waals surface area contributed by atoms with Crippen molar-refractivity contribution in [2.45, 2.75) is 167 Å². The van der Waals surface area contributed by atoms with Crippen LogP contribution in [0.15, 0.2) is 36.5 Å². The van der Waals surface area contributed by atoms with Crippen molar-refractivity contribution in [3.63, 3.8) is 0 Å². The zero-order chi connectivity index (χ0) is 34.8. The molecule has 2 unspecified atom stereocenters. The number of carboxylic acids is 1. The molecule has 0 saturated heterocycles. The molecule has 0 fully saturated rings. The molecule has 0 aromatic rings. The first kappa shape index (κ1) is 44.1. The zero-order valence-corrected chi connectivity index (χ0v) is 29.5. The fourth-order valence-corrected chi connectivity index (χ4v) is 5.02. The van der Waals surface area contributed by atoms with Gasteiger partial charge in [0.15, 0.2) is 0 Å². The van der Waals surface area contributed by atoms with Gasteiger partial charge in [0.1, 0.15) is 12.1 Å². The monoisotopic (exact) mass is 662 g/mol. The van der Waals surface area contributed by atoms with Crippen molar-refractivity contribution in [2.24, 2.45) is 0 Å². The van der Waals surface area contributed by atoms with Crippen LogP contribution in [-0.4, -0.2) is 59.3 Å². The number of ether oxygens (including phenoxy) is 1. The molecule has 0 aliphatic rings. The van der Waals surface area contributed by atoms with Gasteiger partial charge in [0.2, 0.25) is 11.8 Å². The molecule has 0 aliphatic carbocycles. The summed E-state index contributed by atoms with van der Waals surface area (Å²) in [5, 5.41) is 22.4. The summed E-state index contributed by atoms with van der Waals surface area (Å²) in [6, 6.07) is -1.39. The van der Waals surface area contributed by atoms with E-state index >= 15 is 0 Å². The summed E-state index contributed by atoms with van der Waals surface area (Å²) < 4.78 is 5.75. The summed E-state index contributed by atoms with van der Waals surface area (Å²) in [7, 11) is 0. The second-order valence-corrected chi connectivity index (χ2v) is 12.3. The molecule has 0 heterocycles. The topological polar surface area (TPSA) is 142 Å². The van der Waals surface area contributed by atoms with Crippen LogP contribution in [-0.2, 0) is 23.9 Å². The van der Waals surface area contributed by atoms with Crippen LogP contribution in [0.3, 0.4) is 0 Å². The van der Waals surface area contributed by atoms with Crippen LogP contribution < -0.4 is 10.6 Å². The van der Waals surface area contributed by atoms with Crippen LogP contribution in [0.1, 0.15) is 155 Å². The number of aliphatic hydroxyl groups excluding tert-OH is 1. The fourth-order valence-electron chi connectivity index (χ4n) is 5.02. The average Bonchev–Trinajstić information content (AvgIpc) is 3.05. The largest absolute Gasteiger partial charge is 0.480 e. The quantitative estimate of drug-likeness (QED) is 0.0326. The molecule has 0 rings (SSSR count). The highest BCUT2D eigenvalue weighted by Gasteiger charge is 2.18. The summed E-state index contributed by atoms with van der Waals surface area (Å²) in [6.45, 7) is 3.29. The Bertz CT molecular complexity index is 900. The van der Waals surface area contributed by atoms with Gasteiger partial charge < -0.3 is 25.6 Å². The molecule has 0 aromatic carbocycles. The summed E-state index contributed by atoms with van der Waals surface area (Å²) in [4.78, 5) is 47.1. The number of rotatable bonds is 32. The standard InChI is InChI=1S/C38H66N2O7/c1-3-5-7-9-10-11-12-13-14-15-16-17-22-26-30-37(44)47-33(27-23-19-8-6-4-2)28-24-20-18-21-25-29-35(42)39-31-36(43)40-34(32-41)38(45)46/h6,8,23-24,27-28,33-34,41H,3-5,7,9-22,25-26,29-32H2,1-2H3,(H,39,42)(H,40,43)(H,45,46)/b8-6-,27-23-,28-24-. The minimum absolute atomic E-state index is 0.165. The lowest BCUT2D eigenvalue weighted by Gasteiger charge is -2.12. The summed E-state index contributed by atoms with van der Waals surface area (Å²) in [5.74, 6) is -2.47. The first-order valence-corrected chi connectivity index (χ1v) is 18.4. The van der Waals surface area contributed by atoms with E-state index in [0.717, 1.165) is 44.9 Å². The molecule has 0 aromatic heterocycles. The third-order valence-electron chi connectivity index (χ3n) is 7.86. The maximum Gasteiger partial charge on any atom is 0.328 e. The number of allylic oxidation sites excluding steroid dienone is 4. The molecule has 270 valence electrons. The van der Waals surface area contributed by atoms with E-state index in [1.165, 1.54) is 77.0 Å². The lowest BCUT2D eigenvalue weighted by molar-refractivity contribution is -0.145. The van der Waals surface area contributed by atoms with Gasteiger partial charge in [-0.15, -0.1) is 0 Å². The number of carboxylic acid groups (broad SMARTS) is 1. The number of carbonyl (C=O) groups is 4. The smallest absolute Gasteiger partial charge is 0.328 e. The molecule has 0 aliphatic heterocycles. The second kappa shape index (κ2) is 33.0. The minimum atomic E-state index is -1.39. The summed E-state index contributed by atoms with van der Waals surface area (Å²) in [5.41, 5.74) is 0. The normalized spacial score (nSPS) is 12.9. The Morgan fingerprint density at radius 3 is 1.79 bits per heavy atom. The van der Waals surface area contributed by atoms with Crippen LogP contribution in [0, 0.1) is 0 Å². The van der Waals surface area contributed by atoms with E-state index in [0.29, 0.717) is 12.8 Å². The number of nitrogens with one attached hydrogen (secondary N) is 2. The molecule has 4 N–H and O–H groups in total. The Kier molecular flexibility index (Phi) is 30.9. The number of hydrogen-bond donors (Lipinski definition) is 4. The molecular weight excluding hydrogens is 596 g/mol. The van der Waals surface area contributed by atoms with E-state index in [1.807, 2.05) is 24.3 Å². The van der Waals surface area contributed by atoms with Crippen molar-refractivity contribution in [2.75, 3.05) is 13.2 Å². The fraction of sp³-hybridized carbons (Fsp3) is 0.737. The molecule has 9 nitrogen and oxygen atoms in total. The number of aliphatic hydroxyl groups is 1. The van der Waals surface area contributed by atoms with Crippen LogP contribution >= 0.6 is 0 Å². The summed E-state index contributed by atoms with van der Waals surface area (Å²) in [6.07, 6.45) is 35.2. The van der Waals surface area contributed by atoms with Gasteiger partial charge in [-0.1, -0.05) is 128 Å².